The van der Waals surface area contributed by atoms with Gasteiger partial charge in [0.05, 0.1) is 11.3 Å². The summed E-state index contributed by atoms with van der Waals surface area (Å²) in [6.07, 6.45) is 0.763. The first kappa shape index (κ1) is 14.0. The van der Waals surface area contributed by atoms with E-state index >= 15 is 0 Å². The minimum atomic E-state index is -0.895. The van der Waals surface area contributed by atoms with Crippen molar-refractivity contribution in [2.75, 3.05) is 5.32 Å². The van der Waals surface area contributed by atoms with Gasteiger partial charge in [0.25, 0.3) is 0 Å². The van der Waals surface area contributed by atoms with Gasteiger partial charge in [0, 0.05) is 0 Å². The summed E-state index contributed by atoms with van der Waals surface area (Å²) in [5.41, 5.74) is 1.09. The standard InChI is InChI=1S/C13H17N3O2/c1-4-8(2)12(13(17)18)16-11-6-5-10(7-14)9(3)15-11/h5-6,8,12H,4H2,1-3H3,(H,15,16)(H,17,18)/t8-,12-/m0/s1. The Hall–Kier alpha value is -2.09. The van der Waals surface area contributed by atoms with Crippen LogP contribution in [0.2, 0.25) is 0 Å². The molecule has 0 saturated carbocycles. The number of hydrogen-bond donors (Lipinski definition) is 2. The molecular formula is C13H17N3O2. The molecule has 2 atom stereocenters. The molecule has 1 aromatic heterocycles. The van der Waals surface area contributed by atoms with E-state index in [9.17, 15) is 4.79 Å². The summed E-state index contributed by atoms with van der Waals surface area (Å²) in [6.45, 7) is 5.55. The van der Waals surface area contributed by atoms with Crippen LogP contribution in [0.3, 0.4) is 0 Å². The smallest absolute Gasteiger partial charge is 0.326 e. The summed E-state index contributed by atoms with van der Waals surface area (Å²) in [5.74, 6) is -0.410. The number of aliphatic carboxylic acids is 1. The Bertz CT molecular complexity index is 480. The molecule has 0 bridgehead atoms. The number of aromatic nitrogens is 1. The number of nitriles is 1. The summed E-state index contributed by atoms with van der Waals surface area (Å²) in [6, 6.07) is 4.62. The van der Waals surface area contributed by atoms with Crippen molar-refractivity contribution in [2.45, 2.75) is 33.2 Å². The SMILES string of the molecule is CC[C@H](C)[C@H](Nc1ccc(C#N)c(C)n1)C(=O)O. The second-order valence-electron chi connectivity index (χ2n) is 4.29. The van der Waals surface area contributed by atoms with Crippen LogP contribution in [-0.2, 0) is 4.79 Å². The second kappa shape index (κ2) is 6.01. The Kier molecular flexibility index (Phi) is 4.67. The minimum Gasteiger partial charge on any atom is -0.480 e. The topological polar surface area (TPSA) is 86.0 Å². The highest BCUT2D eigenvalue weighted by atomic mass is 16.4. The van der Waals surface area contributed by atoms with Crippen LogP contribution in [0.5, 0.6) is 0 Å². The Balaban J connectivity index is 2.92. The number of carboxylic acids is 1. The fraction of sp³-hybridized carbons (Fsp3) is 0.462. The molecule has 0 radical (unpaired) electrons. The average molecular weight is 247 g/mol. The van der Waals surface area contributed by atoms with Gasteiger partial charge in [0.1, 0.15) is 17.9 Å². The Morgan fingerprint density at radius 3 is 2.72 bits per heavy atom. The van der Waals surface area contributed by atoms with Gasteiger partial charge >= 0.3 is 5.97 Å². The van der Waals surface area contributed by atoms with Crippen molar-refractivity contribution in [2.24, 2.45) is 5.92 Å². The van der Waals surface area contributed by atoms with Gasteiger partial charge in [-0.25, -0.2) is 9.78 Å². The van der Waals surface area contributed by atoms with E-state index < -0.39 is 12.0 Å². The van der Waals surface area contributed by atoms with E-state index in [1.165, 1.54) is 0 Å². The van der Waals surface area contributed by atoms with Crippen molar-refractivity contribution in [1.29, 1.82) is 5.26 Å². The molecule has 0 aliphatic heterocycles. The van der Waals surface area contributed by atoms with Crippen LogP contribution in [0.4, 0.5) is 5.82 Å². The van der Waals surface area contributed by atoms with Crippen LogP contribution in [0.1, 0.15) is 31.5 Å². The van der Waals surface area contributed by atoms with Crippen LogP contribution >= 0.6 is 0 Å². The van der Waals surface area contributed by atoms with Crippen molar-refractivity contribution in [3.8, 4) is 6.07 Å². The molecule has 0 aliphatic rings. The highest BCUT2D eigenvalue weighted by molar-refractivity contribution is 5.77. The maximum atomic E-state index is 11.2. The molecule has 0 saturated heterocycles. The van der Waals surface area contributed by atoms with Gasteiger partial charge in [-0.15, -0.1) is 0 Å². The number of nitrogens with zero attached hydrogens (tertiary/aromatic N) is 2. The van der Waals surface area contributed by atoms with E-state index in [0.29, 0.717) is 17.1 Å². The molecular weight excluding hydrogens is 230 g/mol. The van der Waals surface area contributed by atoms with Gasteiger partial charge in [-0.1, -0.05) is 20.3 Å². The normalized spacial score (nSPS) is 13.4. The number of carboxylic acid groups (broad SMARTS) is 1. The van der Waals surface area contributed by atoms with Gasteiger partial charge < -0.3 is 10.4 Å². The lowest BCUT2D eigenvalue weighted by atomic mass is 9.99. The second-order valence-corrected chi connectivity index (χ2v) is 4.29. The van der Waals surface area contributed by atoms with Crippen LogP contribution in [0.25, 0.3) is 0 Å². The van der Waals surface area contributed by atoms with Crippen molar-refractivity contribution in [1.82, 2.24) is 4.98 Å². The summed E-state index contributed by atoms with van der Waals surface area (Å²) in [5, 5.41) is 20.9. The van der Waals surface area contributed by atoms with Gasteiger partial charge in [0.2, 0.25) is 0 Å². The fourth-order valence-corrected chi connectivity index (χ4v) is 1.60. The highest BCUT2D eigenvalue weighted by Crippen LogP contribution is 2.15. The number of rotatable bonds is 5. The number of carbonyl (C=O) groups is 1. The summed E-state index contributed by atoms with van der Waals surface area (Å²) < 4.78 is 0. The minimum absolute atomic E-state index is 0.000231. The predicted molar refractivity (Wildman–Crippen MR) is 68.2 cm³/mol. The molecule has 0 aliphatic carbocycles. The first-order valence-corrected chi connectivity index (χ1v) is 5.86. The molecule has 5 heteroatoms. The van der Waals surface area contributed by atoms with Gasteiger partial charge in [0.15, 0.2) is 0 Å². The Labute approximate surface area is 106 Å². The van der Waals surface area contributed by atoms with Crippen LogP contribution in [-0.4, -0.2) is 22.1 Å². The zero-order valence-corrected chi connectivity index (χ0v) is 10.8. The molecule has 96 valence electrons. The molecule has 0 aromatic carbocycles. The molecule has 1 heterocycles. The van der Waals surface area contributed by atoms with Crippen LogP contribution in [0, 0.1) is 24.2 Å². The largest absolute Gasteiger partial charge is 0.480 e. The molecule has 0 spiro atoms. The van der Waals surface area contributed by atoms with E-state index in [2.05, 4.69) is 10.3 Å². The van der Waals surface area contributed by atoms with Gasteiger partial charge in [-0.3, -0.25) is 0 Å². The molecule has 0 amide bonds. The lowest BCUT2D eigenvalue weighted by Gasteiger charge is -2.20. The molecule has 5 nitrogen and oxygen atoms in total. The lowest BCUT2D eigenvalue weighted by molar-refractivity contribution is -0.139. The Morgan fingerprint density at radius 2 is 2.28 bits per heavy atom. The Morgan fingerprint density at radius 1 is 1.61 bits per heavy atom. The van der Waals surface area contributed by atoms with Gasteiger partial charge in [-0.05, 0) is 25.0 Å². The number of hydrogen-bond acceptors (Lipinski definition) is 4. The summed E-state index contributed by atoms with van der Waals surface area (Å²) in [4.78, 5) is 15.4. The molecule has 0 fully saturated rings. The van der Waals surface area contributed by atoms with E-state index in [1.807, 2.05) is 19.9 Å². The first-order chi connectivity index (χ1) is 8.49. The molecule has 1 aromatic rings. The summed E-state index contributed by atoms with van der Waals surface area (Å²) >= 11 is 0. The van der Waals surface area contributed by atoms with Crippen molar-refractivity contribution >= 4 is 11.8 Å². The quantitative estimate of drug-likeness (QED) is 0.832. The fourth-order valence-electron chi connectivity index (χ4n) is 1.60. The van der Waals surface area contributed by atoms with E-state index in [-0.39, 0.29) is 5.92 Å². The molecule has 1 rings (SSSR count). The molecule has 2 N–H and O–H groups in total. The van der Waals surface area contributed by atoms with Crippen LogP contribution < -0.4 is 5.32 Å². The van der Waals surface area contributed by atoms with E-state index in [4.69, 9.17) is 10.4 Å². The molecule has 18 heavy (non-hydrogen) atoms. The lowest BCUT2D eigenvalue weighted by Crippen LogP contribution is -2.35. The molecule has 0 unspecified atom stereocenters. The number of nitrogens with one attached hydrogen (secondary N) is 1. The van der Waals surface area contributed by atoms with Crippen molar-refractivity contribution < 1.29 is 9.90 Å². The zero-order valence-electron chi connectivity index (χ0n) is 10.8. The van der Waals surface area contributed by atoms with E-state index in [0.717, 1.165) is 6.42 Å². The third kappa shape index (κ3) is 3.20. The maximum absolute atomic E-state index is 11.2. The van der Waals surface area contributed by atoms with Crippen molar-refractivity contribution in [3.05, 3.63) is 23.4 Å². The highest BCUT2D eigenvalue weighted by Gasteiger charge is 2.23. The van der Waals surface area contributed by atoms with Crippen LogP contribution in [0.15, 0.2) is 12.1 Å². The van der Waals surface area contributed by atoms with E-state index in [1.54, 1.807) is 19.1 Å². The third-order valence-electron chi connectivity index (χ3n) is 2.99. The number of pyridine rings is 1. The number of aryl methyl sites for hydroxylation is 1. The zero-order chi connectivity index (χ0) is 13.7. The number of anilines is 1. The van der Waals surface area contributed by atoms with Gasteiger partial charge in [-0.2, -0.15) is 5.26 Å². The first-order valence-electron chi connectivity index (χ1n) is 5.86. The maximum Gasteiger partial charge on any atom is 0.326 e. The average Bonchev–Trinajstić information content (AvgIpc) is 2.35. The van der Waals surface area contributed by atoms with Crippen molar-refractivity contribution in [3.63, 3.8) is 0 Å². The predicted octanol–water partition coefficient (Wildman–Crippen LogP) is 2.17. The monoisotopic (exact) mass is 247 g/mol. The summed E-state index contributed by atoms with van der Waals surface area (Å²) in [7, 11) is 0. The third-order valence-corrected chi connectivity index (χ3v) is 2.99.